The maximum atomic E-state index is 13.7. The molecule has 2 aromatic carbocycles. The van der Waals surface area contributed by atoms with Gasteiger partial charge in [0.25, 0.3) is 0 Å². The lowest BCUT2D eigenvalue weighted by atomic mass is 9.98. The highest BCUT2D eigenvalue weighted by Gasteiger charge is 2.33. The van der Waals surface area contributed by atoms with Crippen molar-refractivity contribution in [2.75, 3.05) is 19.6 Å². The van der Waals surface area contributed by atoms with Crippen molar-refractivity contribution >= 4 is 40.5 Å². The molecule has 47 heavy (non-hydrogen) atoms. The highest BCUT2D eigenvalue weighted by Crippen LogP contribution is 2.30. The fourth-order valence-corrected chi connectivity index (χ4v) is 5.81. The van der Waals surface area contributed by atoms with E-state index in [1.165, 1.54) is 11.8 Å². The first-order valence-electron chi connectivity index (χ1n) is 15.9. The summed E-state index contributed by atoms with van der Waals surface area (Å²) >= 11 is 0. The Hall–Kier alpha value is -4.71. The minimum absolute atomic E-state index is 0.0411. The molecular weight excluding hydrogens is 602 g/mol. The van der Waals surface area contributed by atoms with Crippen LogP contribution in [-0.4, -0.2) is 83.4 Å². The van der Waals surface area contributed by atoms with Gasteiger partial charge in [-0.3, -0.25) is 24.0 Å². The van der Waals surface area contributed by atoms with Gasteiger partial charge in [0, 0.05) is 30.5 Å². The van der Waals surface area contributed by atoms with Gasteiger partial charge in [-0.1, -0.05) is 50.2 Å². The Bertz CT molecular complexity index is 1630. The molecule has 0 bridgehead atoms. The molecule has 4 rings (SSSR count). The average Bonchev–Trinajstić information content (AvgIpc) is 3.44. The van der Waals surface area contributed by atoms with Gasteiger partial charge in [-0.25, -0.2) is 0 Å². The predicted octanol–water partition coefficient (Wildman–Crippen LogP) is 1.59. The van der Waals surface area contributed by atoms with Crippen molar-refractivity contribution in [1.82, 2.24) is 26.2 Å². The van der Waals surface area contributed by atoms with Crippen molar-refractivity contribution < 1.29 is 33.5 Å². The second kappa shape index (κ2) is 15.3. The van der Waals surface area contributed by atoms with E-state index in [2.05, 4.69) is 21.3 Å². The lowest BCUT2D eigenvalue weighted by Gasteiger charge is -2.27. The van der Waals surface area contributed by atoms with Crippen molar-refractivity contribution in [2.24, 2.45) is 5.92 Å². The lowest BCUT2D eigenvalue weighted by Crippen LogP contribution is -2.60. The van der Waals surface area contributed by atoms with Crippen molar-refractivity contribution in [3.05, 3.63) is 70.5 Å². The molecule has 1 aliphatic heterocycles. The summed E-state index contributed by atoms with van der Waals surface area (Å²) < 4.78 is 5.85. The minimum Gasteiger partial charge on any atom is -0.464 e. The van der Waals surface area contributed by atoms with Crippen molar-refractivity contribution in [3.8, 4) is 0 Å². The van der Waals surface area contributed by atoms with E-state index in [1.54, 1.807) is 44.4 Å². The SMILES string of the molecule is Cc1cc(C)c2c(CC(=O)N3CCNC(=O)[C@H]([C@@H](C)O)NC(=O)[C@H](Cc4ccccc4)NC(=O)[C@@H](C(C)C)NC(=O)C3)coc2c1C. The number of aliphatic hydroxyl groups is 1. The first-order valence-corrected chi connectivity index (χ1v) is 15.9. The molecule has 1 fully saturated rings. The number of hydrogen-bond donors (Lipinski definition) is 5. The molecule has 1 saturated heterocycles. The zero-order chi connectivity index (χ0) is 34.4. The van der Waals surface area contributed by atoms with E-state index in [0.717, 1.165) is 27.6 Å². The number of carbonyl (C=O) groups is 5. The minimum atomic E-state index is -1.33. The standard InChI is InChI=1S/C35H45N5O7/c1-19(2)30-35(46)37-26(15-24-10-8-7-9-11-24)33(44)39-31(23(6)41)34(45)36-12-13-40(17-27(42)38-30)28(43)16-25-18-47-32-22(5)20(3)14-21(4)29(25)32/h7-11,14,18-19,23,26,30-31,41H,12-13,15-17H2,1-6H3,(H,36,45)(H,37,46)(H,38,42)(H,39,44)/t23-,26+,30-,31+/m1/s1. The van der Waals surface area contributed by atoms with Crippen LogP contribution in [0.25, 0.3) is 11.0 Å². The second-order valence-corrected chi connectivity index (χ2v) is 12.7. The molecular formula is C35H45N5O7. The maximum absolute atomic E-state index is 13.7. The molecule has 0 spiro atoms. The van der Waals surface area contributed by atoms with Crippen LogP contribution < -0.4 is 21.3 Å². The van der Waals surface area contributed by atoms with Gasteiger partial charge in [-0.15, -0.1) is 0 Å². The van der Waals surface area contributed by atoms with Gasteiger partial charge in [0.15, 0.2) is 0 Å². The number of aryl methyl sites for hydroxylation is 3. The van der Waals surface area contributed by atoms with Gasteiger partial charge in [-0.2, -0.15) is 0 Å². The summed E-state index contributed by atoms with van der Waals surface area (Å²) in [5, 5.41) is 22.0. The third-order valence-electron chi connectivity index (χ3n) is 8.58. The van der Waals surface area contributed by atoms with Crippen LogP contribution in [0.1, 0.15) is 48.6 Å². The first-order chi connectivity index (χ1) is 22.3. The summed E-state index contributed by atoms with van der Waals surface area (Å²) in [6.07, 6.45) is 0.337. The molecule has 3 aromatic rings. The number of carbonyl (C=O) groups excluding carboxylic acids is 5. The Morgan fingerprint density at radius 1 is 0.936 bits per heavy atom. The number of hydrogen-bond acceptors (Lipinski definition) is 7. The Balaban J connectivity index is 1.62. The fourth-order valence-electron chi connectivity index (χ4n) is 5.81. The Morgan fingerprint density at radius 2 is 1.64 bits per heavy atom. The van der Waals surface area contributed by atoms with Crippen LogP contribution in [0.3, 0.4) is 0 Å². The van der Waals surface area contributed by atoms with Crippen molar-refractivity contribution in [1.29, 1.82) is 0 Å². The average molecular weight is 648 g/mol. The fraction of sp³-hybridized carbons (Fsp3) is 0.457. The molecule has 0 aliphatic carbocycles. The third-order valence-corrected chi connectivity index (χ3v) is 8.58. The summed E-state index contributed by atoms with van der Waals surface area (Å²) in [7, 11) is 0. The van der Waals surface area contributed by atoms with E-state index in [9.17, 15) is 29.1 Å². The molecule has 5 amide bonds. The van der Waals surface area contributed by atoms with Gasteiger partial charge in [0.1, 0.15) is 23.7 Å². The van der Waals surface area contributed by atoms with Crippen LogP contribution in [-0.2, 0) is 36.8 Å². The van der Waals surface area contributed by atoms with Gasteiger partial charge < -0.3 is 35.7 Å². The number of benzene rings is 2. The van der Waals surface area contributed by atoms with Gasteiger partial charge >= 0.3 is 0 Å². The lowest BCUT2D eigenvalue weighted by molar-refractivity contribution is -0.137. The molecule has 0 saturated carbocycles. The Labute approximate surface area is 274 Å². The van der Waals surface area contributed by atoms with Crippen LogP contribution in [0, 0.1) is 26.7 Å². The number of nitrogens with one attached hydrogen (secondary N) is 4. The molecule has 1 aromatic heterocycles. The Morgan fingerprint density at radius 3 is 2.30 bits per heavy atom. The highest BCUT2D eigenvalue weighted by atomic mass is 16.3. The molecule has 4 atom stereocenters. The van der Waals surface area contributed by atoms with Crippen molar-refractivity contribution in [3.63, 3.8) is 0 Å². The monoisotopic (exact) mass is 647 g/mol. The largest absolute Gasteiger partial charge is 0.464 e. The van der Waals surface area contributed by atoms with E-state index >= 15 is 0 Å². The quantitative estimate of drug-likeness (QED) is 0.271. The second-order valence-electron chi connectivity index (χ2n) is 12.7. The zero-order valence-corrected chi connectivity index (χ0v) is 27.8. The van der Waals surface area contributed by atoms with Gasteiger partial charge in [0.2, 0.25) is 29.5 Å². The topological polar surface area (TPSA) is 170 Å². The molecule has 12 nitrogen and oxygen atoms in total. The van der Waals surface area contributed by atoms with Crippen LogP contribution >= 0.6 is 0 Å². The molecule has 0 unspecified atom stereocenters. The highest BCUT2D eigenvalue weighted by molar-refractivity contribution is 5.96. The van der Waals surface area contributed by atoms with Crippen molar-refractivity contribution in [2.45, 2.75) is 78.6 Å². The van der Waals surface area contributed by atoms with E-state index < -0.39 is 47.9 Å². The Kier molecular flexibility index (Phi) is 11.4. The smallest absolute Gasteiger partial charge is 0.245 e. The number of amides is 5. The van der Waals surface area contributed by atoms with E-state index in [1.807, 2.05) is 32.9 Å². The number of aliphatic hydroxyl groups excluding tert-OH is 1. The molecule has 252 valence electrons. The van der Waals surface area contributed by atoms with E-state index in [-0.39, 0.29) is 44.3 Å². The summed E-state index contributed by atoms with van der Waals surface area (Å²) in [5.41, 5.74) is 5.14. The zero-order valence-electron chi connectivity index (χ0n) is 27.8. The normalized spacial score (nSPS) is 20.9. The molecule has 2 heterocycles. The number of rotatable bonds is 6. The summed E-state index contributed by atoms with van der Waals surface area (Å²) in [6.45, 7) is 10.3. The van der Waals surface area contributed by atoms with E-state index in [0.29, 0.717) is 11.1 Å². The summed E-state index contributed by atoms with van der Waals surface area (Å²) in [5.74, 6) is -3.25. The molecule has 12 heteroatoms. The van der Waals surface area contributed by atoms with Crippen LogP contribution in [0.4, 0.5) is 0 Å². The van der Waals surface area contributed by atoms with Gasteiger partial charge in [0.05, 0.1) is 25.3 Å². The number of furan rings is 1. The van der Waals surface area contributed by atoms with Gasteiger partial charge in [-0.05, 0) is 55.9 Å². The summed E-state index contributed by atoms with van der Waals surface area (Å²) in [4.78, 5) is 68.7. The predicted molar refractivity (Wildman–Crippen MR) is 176 cm³/mol. The maximum Gasteiger partial charge on any atom is 0.245 e. The third kappa shape index (κ3) is 8.56. The number of fused-ring (bicyclic) bond motifs is 1. The van der Waals surface area contributed by atoms with E-state index in [4.69, 9.17) is 4.42 Å². The summed E-state index contributed by atoms with van der Waals surface area (Å²) in [6, 6.07) is 7.60. The molecule has 0 radical (unpaired) electrons. The van der Waals surface area contributed by atoms with Crippen LogP contribution in [0.5, 0.6) is 0 Å². The first kappa shape index (κ1) is 35.1. The van der Waals surface area contributed by atoms with Crippen LogP contribution in [0.15, 0.2) is 47.1 Å². The number of nitrogens with zero attached hydrogens (tertiary/aromatic N) is 1. The molecule has 5 N–H and O–H groups in total. The van der Waals surface area contributed by atoms with Crippen LogP contribution in [0.2, 0.25) is 0 Å². The molecule has 1 aliphatic rings.